The van der Waals surface area contributed by atoms with Gasteiger partial charge in [0.25, 0.3) is 5.56 Å². The van der Waals surface area contributed by atoms with Gasteiger partial charge >= 0.3 is 0 Å². The van der Waals surface area contributed by atoms with Crippen LogP contribution in [-0.4, -0.2) is 46.7 Å². The van der Waals surface area contributed by atoms with Crippen molar-refractivity contribution in [1.29, 1.82) is 0 Å². The van der Waals surface area contributed by atoms with Crippen LogP contribution in [-0.2, 0) is 24.2 Å². The van der Waals surface area contributed by atoms with Crippen LogP contribution in [0.15, 0.2) is 29.1 Å². The second-order valence-electron chi connectivity index (χ2n) is 7.56. The number of benzene rings is 1. The standard InChI is InChI=1S/C20H25ClN4O2/c1-13-9-25(10-14(2)27-13)20-22-18-12-24(8-7-17(18)19(26)23-20)11-15-3-5-16(21)6-4-15/h3-6,13-14H,7-12H2,1-2H3,(H,22,23,26). The molecule has 1 aromatic heterocycles. The Kier molecular flexibility index (Phi) is 5.21. The molecule has 4 rings (SSSR count). The molecule has 2 aliphatic heterocycles. The Hall–Kier alpha value is -1.89. The zero-order valence-electron chi connectivity index (χ0n) is 15.7. The van der Waals surface area contributed by atoms with Crippen molar-refractivity contribution < 1.29 is 4.74 Å². The zero-order chi connectivity index (χ0) is 19.0. The molecule has 0 bridgehead atoms. The molecule has 0 amide bonds. The fraction of sp³-hybridized carbons (Fsp3) is 0.500. The molecule has 2 aromatic rings. The van der Waals surface area contributed by atoms with Crippen LogP contribution in [0.3, 0.4) is 0 Å². The average molecular weight is 389 g/mol. The fourth-order valence-electron chi connectivity index (χ4n) is 3.96. The number of nitrogens with one attached hydrogen (secondary N) is 1. The highest BCUT2D eigenvalue weighted by atomic mass is 35.5. The first-order chi connectivity index (χ1) is 13.0. The van der Waals surface area contributed by atoms with Gasteiger partial charge in [0.05, 0.1) is 17.9 Å². The van der Waals surface area contributed by atoms with Gasteiger partial charge in [-0.2, -0.15) is 0 Å². The second-order valence-corrected chi connectivity index (χ2v) is 8.00. The van der Waals surface area contributed by atoms with E-state index >= 15 is 0 Å². The zero-order valence-corrected chi connectivity index (χ0v) is 16.5. The van der Waals surface area contributed by atoms with E-state index in [-0.39, 0.29) is 17.8 Å². The Morgan fingerprint density at radius 2 is 1.93 bits per heavy atom. The third kappa shape index (κ3) is 4.18. The van der Waals surface area contributed by atoms with Crippen molar-refractivity contribution >= 4 is 17.5 Å². The van der Waals surface area contributed by atoms with Crippen molar-refractivity contribution in [2.75, 3.05) is 24.5 Å². The Morgan fingerprint density at radius 1 is 1.22 bits per heavy atom. The summed E-state index contributed by atoms with van der Waals surface area (Å²) in [5.74, 6) is 0.661. The molecule has 7 heteroatoms. The highest BCUT2D eigenvalue weighted by Gasteiger charge is 2.26. The number of ether oxygens (including phenoxy) is 1. The van der Waals surface area contributed by atoms with Gasteiger partial charge in [0.1, 0.15) is 0 Å². The van der Waals surface area contributed by atoms with E-state index in [4.69, 9.17) is 21.3 Å². The predicted molar refractivity (Wildman–Crippen MR) is 106 cm³/mol. The van der Waals surface area contributed by atoms with E-state index < -0.39 is 0 Å². The summed E-state index contributed by atoms with van der Waals surface area (Å²) in [6.45, 7) is 7.93. The van der Waals surface area contributed by atoms with Crippen LogP contribution in [0.5, 0.6) is 0 Å². The predicted octanol–water partition coefficient (Wildman–Crippen LogP) is 2.60. The molecule has 144 valence electrons. The number of morpholine rings is 1. The first kappa shape index (κ1) is 18.5. The van der Waals surface area contributed by atoms with Gasteiger partial charge in [0, 0.05) is 43.3 Å². The lowest BCUT2D eigenvalue weighted by Gasteiger charge is -2.36. The lowest BCUT2D eigenvalue weighted by molar-refractivity contribution is -0.00576. The largest absolute Gasteiger partial charge is 0.372 e. The number of aromatic nitrogens is 2. The van der Waals surface area contributed by atoms with Gasteiger partial charge in [-0.3, -0.25) is 14.7 Å². The highest BCUT2D eigenvalue weighted by molar-refractivity contribution is 6.30. The van der Waals surface area contributed by atoms with E-state index in [1.165, 1.54) is 5.56 Å². The van der Waals surface area contributed by atoms with Crippen molar-refractivity contribution in [3.8, 4) is 0 Å². The van der Waals surface area contributed by atoms with Crippen LogP contribution < -0.4 is 10.5 Å². The molecule has 3 heterocycles. The lowest BCUT2D eigenvalue weighted by atomic mass is 10.1. The molecule has 2 unspecified atom stereocenters. The van der Waals surface area contributed by atoms with Crippen LogP contribution >= 0.6 is 11.6 Å². The minimum atomic E-state index is -0.00654. The monoisotopic (exact) mass is 388 g/mol. The first-order valence-corrected chi connectivity index (χ1v) is 9.85. The number of nitrogens with zero attached hydrogens (tertiary/aromatic N) is 3. The molecule has 6 nitrogen and oxygen atoms in total. The third-order valence-corrected chi connectivity index (χ3v) is 5.43. The molecule has 0 spiro atoms. The van der Waals surface area contributed by atoms with Crippen molar-refractivity contribution in [1.82, 2.24) is 14.9 Å². The maximum absolute atomic E-state index is 12.6. The van der Waals surface area contributed by atoms with Crippen molar-refractivity contribution in [3.05, 3.63) is 56.5 Å². The number of fused-ring (bicyclic) bond motifs is 1. The molecule has 1 fully saturated rings. The molecule has 27 heavy (non-hydrogen) atoms. The summed E-state index contributed by atoms with van der Waals surface area (Å²) in [4.78, 5) is 24.9. The number of aromatic amines is 1. The van der Waals surface area contributed by atoms with Gasteiger partial charge in [-0.05, 0) is 38.0 Å². The second kappa shape index (κ2) is 7.62. The first-order valence-electron chi connectivity index (χ1n) is 9.47. The van der Waals surface area contributed by atoms with Gasteiger partial charge in [0.15, 0.2) is 0 Å². The number of anilines is 1. The van der Waals surface area contributed by atoms with Crippen molar-refractivity contribution in [3.63, 3.8) is 0 Å². The minimum Gasteiger partial charge on any atom is -0.372 e. The highest BCUT2D eigenvalue weighted by Crippen LogP contribution is 2.21. The molecule has 1 aromatic carbocycles. The Labute approximate surface area is 164 Å². The van der Waals surface area contributed by atoms with E-state index in [9.17, 15) is 4.79 Å². The number of hydrogen-bond acceptors (Lipinski definition) is 5. The van der Waals surface area contributed by atoms with Gasteiger partial charge in [-0.25, -0.2) is 4.98 Å². The molecule has 0 saturated carbocycles. The van der Waals surface area contributed by atoms with E-state index in [1.807, 2.05) is 38.1 Å². The summed E-state index contributed by atoms with van der Waals surface area (Å²) >= 11 is 5.98. The van der Waals surface area contributed by atoms with Crippen molar-refractivity contribution in [2.45, 2.75) is 45.6 Å². The van der Waals surface area contributed by atoms with Crippen LogP contribution in [0.1, 0.15) is 30.7 Å². The maximum atomic E-state index is 12.6. The lowest BCUT2D eigenvalue weighted by Crippen LogP contribution is -2.47. The fourth-order valence-corrected chi connectivity index (χ4v) is 4.09. The average Bonchev–Trinajstić information content (AvgIpc) is 2.62. The Morgan fingerprint density at radius 3 is 2.63 bits per heavy atom. The molecular weight excluding hydrogens is 364 g/mol. The van der Waals surface area contributed by atoms with Crippen LogP contribution in [0.25, 0.3) is 0 Å². The maximum Gasteiger partial charge on any atom is 0.255 e. The SMILES string of the molecule is CC1CN(c2nc3c(c(=O)[nH]2)CCN(Cc2ccc(Cl)cc2)C3)CC(C)O1. The normalized spacial score (nSPS) is 23.3. The van der Waals surface area contributed by atoms with Gasteiger partial charge in [-0.1, -0.05) is 23.7 Å². The molecule has 1 saturated heterocycles. The topological polar surface area (TPSA) is 61.5 Å². The third-order valence-electron chi connectivity index (χ3n) is 5.18. The number of rotatable bonds is 3. The summed E-state index contributed by atoms with van der Waals surface area (Å²) in [6.07, 6.45) is 0.967. The smallest absolute Gasteiger partial charge is 0.255 e. The molecule has 0 aliphatic carbocycles. The van der Waals surface area contributed by atoms with E-state index in [1.54, 1.807) is 0 Å². The van der Waals surface area contributed by atoms with Crippen molar-refractivity contribution in [2.24, 2.45) is 0 Å². The quantitative estimate of drug-likeness (QED) is 0.875. The van der Waals surface area contributed by atoms with Crippen LogP contribution in [0.2, 0.25) is 5.02 Å². The van der Waals surface area contributed by atoms with Gasteiger partial charge in [-0.15, -0.1) is 0 Å². The number of hydrogen-bond donors (Lipinski definition) is 1. The Bertz CT molecular complexity index is 857. The van der Waals surface area contributed by atoms with Gasteiger partial charge in [0.2, 0.25) is 5.95 Å². The number of halogens is 1. The molecule has 2 aliphatic rings. The Balaban J connectivity index is 1.54. The summed E-state index contributed by atoms with van der Waals surface area (Å²) in [7, 11) is 0. The molecule has 0 radical (unpaired) electrons. The van der Waals surface area contributed by atoms with Crippen LogP contribution in [0.4, 0.5) is 5.95 Å². The molecular formula is C20H25ClN4O2. The summed E-state index contributed by atoms with van der Waals surface area (Å²) in [5, 5.41) is 0.745. The van der Waals surface area contributed by atoms with E-state index in [2.05, 4.69) is 14.8 Å². The summed E-state index contributed by atoms with van der Waals surface area (Å²) < 4.78 is 5.79. The summed E-state index contributed by atoms with van der Waals surface area (Å²) in [5.41, 5.74) is 2.91. The van der Waals surface area contributed by atoms with Crippen LogP contribution in [0, 0.1) is 0 Å². The summed E-state index contributed by atoms with van der Waals surface area (Å²) in [6, 6.07) is 7.92. The minimum absolute atomic E-state index is 0.00654. The van der Waals surface area contributed by atoms with Gasteiger partial charge < -0.3 is 9.64 Å². The molecule has 1 N–H and O–H groups in total. The van der Waals surface area contributed by atoms with E-state index in [0.717, 1.165) is 48.9 Å². The number of H-pyrrole nitrogens is 1. The van der Waals surface area contributed by atoms with E-state index in [0.29, 0.717) is 12.5 Å². The molecule has 2 atom stereocenters.